The Hall–Kier alpha value is -2.55. The minimum absolute atomic E-state index is 0.490. The van der Waals surface area contributed by atoms with Crippen LogP contribution in [0.15, 0.2) is 70.9 Å². The molecule has 3 heteroatoms. The van der Waals surface area contributed by atoms with Gasteiger partial charge in [0.25, 0.3) is 0 Å². The minimum Gasteiger partial charge on any atom is -0.382 e. The molecular weight excluding hydrogens is 258 g/mol. The summed E-state index contributed by atoms with van der Waals surface area (Å²) in [6.45, 7) is 6.11. The molecule has 0 aliphatic carbocycles. The molecule has 21 heavy (non-hydrogen) atoms. The Morgan fingerprint density at radius 3 is 2.19 bits per heavy atom. The average Bonchev–Trinajstić information content (AvgIpc) is 2.47. The maximum atomic E-state index is 6.18. The lowest BCUT2D eigenvalue weighted by Crippen LogP contribution is -2.21. The Bertz CT molecular complexity index is 666. The lowest BCUT2D eigenvalue weighted by atomic mass is 10.1. The molecule has 0 heterocycles. The van der Waals surface area contributed by atoms with Crippen LogP contribution in [0.25, 0.3) is 0 Å². The van der Waals surface area contributed by atoms with Gasteiger partial charge in [0.15, 0.2) is 0 Å². The van der Waals surface area contributed by atoms with Crippen LogP contribution in [0, 0.1) is 6.92 Å². The Labute approximate surface area is 126 Å². The number of allylic oxidation sites excluding steroid dienone is 1. The van der Waals surface area contributed by atoms with E-state index in [0.29, 0.717) is 5.84 Å². The van der Waals surface area contributed by atoms with Crippen molar-refractivity contribution in [1.82, 2.24) is 0 Å². The molecule has 2 rings (SSSR count). The number of aliphatic imine (C=N–C) groups is 1. The second-order valence-electron chi connectivity index (χ2n) is 5.15. The molecule has 0 radical (unpaired) electrons. The average molecular weight is 279 g/mol. The first-order chi connectivity index (χ1) is 10.1. The van der Waals surface area contributed by atoms with Crippen LogP contribution < -0.4 is 11.1 Å². The smallest absolute Gasteiger partial charge is 0.147 e. The standard InChI is InChI=1S/C18H21N3/c1-13(2)17(21-16-12-8-7-9-14(16)3)18(19)20-15-10-5-4-6-11-15/h4-12,21H,1-3H3,(H2,19,20). The number of hydrogen-bond acceptors (Lipinski definition) is 2. The van der Waals surface area contributed by atoms with Crippen molar-refractivity contribution in [3.63, 3.8) is 0 Å². The van der Waals surface area contributed by atoms with Gasteiger partial charge in [-0.05, 0) is 50.1 Å². The molecule has 0 bridgehead atoms. The van der Waals surface area contributed by atoms with E-state index in [0.717, 1.165) is 22.6 Å². The first-order valence-corrected chi connectivity index (χ1v) is 6.97. The Balaban J connectivity index is 2.31. The van der Waals surface area contributed by atoms with E-state index in [1.807, 2.05) is 62.4 Å². The van der Waals surface area contributed by atoms with Crippen LogP contribution in [-0.4, -0.2) is 5.84 Å². The second kappa shape index (κ2) is 6.75. The van der Waals surface area contributed by atoms with Crippen LogP contribution in [0.2, 0.25) is 0 Å². The first kappa shape index (κ1) is 14.9. The lowest BCUT2D eigenvalue weighted by Gasteiger charge is -2.14. The summed E-state index contributed by atoms with van der Waals surface area (Å²) in [6.07, 6.45) is 0. The number of amidine groups is 1. The van der Waals surface area contributed by atoms with Crippen molar-refractivity contribution in [3.05, 3.63) is 71.4 Å². The molecule has 0 aliphatic rings. The van der Waals surface area contributed by atoms with Crippen molar-refractivity contribution in [2.75, 3.05) is 5.32 Å². The van der Waals surface area contributed by atoms with Gasteiger partial charge < -0.3 is 11.1 Å². The SMILES string of the molecule is CC(C)=C(Nc1ccccc1C)C(N)=Nc1ccccc1. The van der Waals surface area contributed by atoms with Crippen molar-refractivity contribution in [2.45, 2.75) is 20.8 Å². The van der Waals surface area contributed by atoms with E-state index in [2.05, 4.69) is 23.3 Å². The van der Waals surface area contributed by atoms with Crippen LogP contribution in [0.3, 0.4) is 0 Å². The maximum Gasteiger partial charge on any atom is 0.147 e. The normalized spacial score (nSPS) is 11.1. The summed E-state index contributed by atoms with van der Waals surface area (Å²) in [4.78, 5) is 4.48. The van der Waals surface area contributed by atoms with Gasteiger partial charge in [-0.1, -0.05) is 36.4 Å². The van der Waals surface area contributed by atoms with Gasteiger partial charge in [0, 0.05) is 5.69 Å². The van der Waals surface area contributed by atoms with Crippen LogP contribution in [0.1, 0.15) is 19.4 Å². The topological polar surface area (TPSA) is 50.4 Å². The monoisotopic (exact) mass is 279 g/mol. The van der Waals surface area contributed by atoms with E-state index in [-0.39, 0.29) is 0 Å². The number of anilines is 1. The molecule has 0 aliphatic heterocycles. The third-order valence-electron chi connectivity index (χ3n) is 3.17. The first-order valence-electron chi connectivity index (χ1n) is 6.97. The van der Waals surface area contributed by atoms with Gasteiger partial charge in [-0.2, -0.15) is 0 Å². The fraction of sp³-hybridized carbons (Fsp3) is 0.167. The van der Waals surface area contributed by atoms with Crippen molar-refractivity contribution >= 4 is 17.2 Å². The van der Waals surface area contributed by atoms with Gasteiger partial charge in [-0.25, -0.2) is 4.99 Å². The summed E-state index contributed by atoms with van der Waals surface area (Å²) in [5.41, 5.74) is 11.2. The van der Waals surface area contributed by atoms with E-state index in [1.165, 1.54) is 5.56 Å². The fourth-order valence-electron chi connectivity index (χ4n) is 1.99. The molecule has 0 fully saturated rings. The number of aryl methyl sites for hydroxylation is 1. The number of benzene rings is 2. The molecule has 2 aromatic carbocycles. The van der Waals surface area contributed by atoms with Crippen molar-refractivity contribution < 1.29 is 0 Å². The van der Waals surface area contributed by atoms with E-state index >= 15 is 0 Å². The van der Waals surface area contributed by atoms with Crippen LogP contribution >= 0.6 is 0 Å². The van der Waals surface area contributed by atoms with E-state index < -0.39 is 0 Å². The molecular formula is C18H21N3. The molecule has 2 aromatic rings. The summed E-state index contributed by atoms with van der Waals surface area (Å²) in [5, 5.41) is 3.39. The van der Waals surface area contributed by atoms with Gasteiger partial charge >= 0.3 is 0 Å². The highest BCUT2D eigenvalue weighted by molar-refractivity contribution is 6.01. The quantitative estimate of drug-likeness (QED) is 0.644. The molecule has 3 nitrogen and oxygen atoms in total. The zero-order valence-electron chi connectivity index (χ0n) is 12.7. The largest absolute Gasteiger partial charge is 0.382 e. The Kier molecular flexibility index (Phi) is 4.77. The Morgan fingerprint density at radius 2 is 1.57 bits per heavy atom. The van der Waals surface area contributed by atoms with E-state index in [9.17, 15) is 0 Å². The number of nitrogens with zero attached hydrogens (tertiary/aromatic N) is 1. The van der Waals surface area contributed by atoms with Crippen LogP contribution in [-0.2, 0) is 0 Å². The van der Waals surface area contributed by atoms with Crippen molar-refractivity contribution in [3.8, 4) is 0 Å². The lowest BCUT2D eigenvalue weighted by molar-refractivity contribution is 1.28. The summed E-state index contributed by atoms with van der Waals surface area (Å²) in [5.74, 6) is 0.490. The predicted molar refractivity (Wildman–Crippen MR) is 90.9 cm³/mol. The summed E-state index contributed by atoms with van der Waals surface area (Å²) < 4.78 is 0. The van der Waals surface area contributed by atoms with Crippen molar-refractivity contribution in [1.29, 1.82) is 0 Å². The molecule has 3 N–H and O–H groups in total. The highest BCUT2D eigenvalue weighted by Gasteiger charge is 2.07. The third kappa shape index (κ3) is 3.96. The Morgan fingerprint density at radius 1 is 0.952 bits per heavy atom. The van der Waals surface area contributed by atoms with Gasteiger partial charge in [0.1, 0.15) is 5.84 Å². The fourth-order valence-corrected chi connectivity index (χ4v) is 1.99. The number of nitrogens with one attached hydrogen (secondary N) is 1. The third-order valence-corrected chi connectivity index (χ3v) is 3.17. The zero-order chi connectivity index (χ0) is 15.2. The molecule has 108 valence electrons. The summed E-state index contributed by atoms with van der Waals surface area (Å²) in [7, 11) is 0. The van der Waals surface area contributed by atoms with Crippen LogP contribution in [0.5, 0.6) is 0 Å². The predicted octanol–water partition coefficient (Wildman–Crippen LogP) is 4.39. The number of rotatable bonds is 4. The second-order valence-corrected chi connectivity index (χ2v) is 5.15. The summed E-state index contributed by atoms with van der Waals surface area (Å²) >= 11 is 0. The number of hydrogen-bond donors (Lipinski definition) is 2. The number of para-hydroxylation sites is 2. The highest BCUT2D eigenvalue weighted by atomic mass is 15.0. The number of nitrogens with two attached hydrogens (primary N) is 1. The van der Waals surface area contributed by atoms with Gasteiger partial charge in [-0.15, -0.1) is 0 Å². The van der Waals surface area contributed by atoms with Crippen LogP contribution in [0.4, 0.5) is 11.4 Å². The van der Waals surface area contributed by atoms with E-state index in [1.54, 1.807) is 0 Å². The van der Waals surface area contributed by atoms with Gasteiger partial charge in [-0.3, -0.25) is 0 Å². The molecule has 0 spiro atoms. The minimum atomic E-state index is 0.490. The van der Waals surface area contributed by atoms with Crippen molar-refractivity contribution in [2.24, 2.45) is 10.7 Å². The zero-order valence-corrected chi connectivity index (χ0v) is 12.7. The van der Waals surface area contributed by atoms with Gasteiger partial charge in [0.05, 0.1) is 11.4 Å². The summed E-state index contributed by atoms with van der Waals surface area (Å²) in [6, 6.07) is 17.8. The molecule has 0 amide bonds. The molecule has 0 atom stereocenters. The maximum absolute atomic E-state index is 6.18. The molecule has 0 saturated carbocycles. The van der Waals surface area contributed by atoms with E-state index in [4.69, 9.17) is 5.73 Å². The molecule has 0 unspecified atom stereocenters. The van der Waals surface area contributed by atoms with Gasteiger partial charge in [0.2, 0.25) is 0 Å². The molecule has 0 saturated heterocycles. The molecule has 0 aromatic heterocycles. The highest BCUT2D eigenvalue weighted by Crippen LogP contribution is 2.19.